The van der Waals surface area contributed by atoms with Gasteiger partial charge >= 0.3 is 12.1 Å². The minimum absolute atomic E-state index is 0.261. The van der Waals surface area contributed by atoms with Crippen molar-refractivity contribution < 1.29 is 23.7 Å². The molecular weight excluding hydrogens is 703 g/mol. The summed E-state index contributed by atoms with van der Waals surface area (Å²) in [6.45, 7) is 11.5. The van der Waals surface area contributed by atoms with E-state index in [0.29, 0.717) is 51.9 Å². The second-order valence-corrected chi connectivity index (χ2v) is 15.1. The summed E-state index contributed by atoms with van der Waals surface area (Å²) in [5.41, 5.74) is 6.21. The number of thiazole rings is 1. The Kier molecular flexibility index (Phi) is 11.3. The lowest BCUT2D eigenvalue weighted by molar-refractivity contribution is 0.0356. The molecule has 0 bridgehead atoms. The summed E-state index contributed by atoms with van der Waals surface area (Å²) >= 11 is 1.68. The number of nitrogens with zero attached hydrogens (tertiary/aromatic N) is 7. The lowest BCUT2D eigenvalue weighted by atomic mass is 10.0. The number of anilines is 2. The Bertz CT molecular complexity index is 2020. The molecule has 54 heavy (non-hydrogen) atoms. The summed E-state index contributed by atoms with van der Waals surface area (Å²) in [7, 11) is 0. The minimum atomic E-state index is -0.290. The summed E-state index contributed by atoms with van der Waals surface area (Å²) in [4.78, 5) is 36.8. The van der Waals surface area contributed by atoms with Gasteiger partial charge < -0.3 is 33.6 Å². The second kappa shape index (κ2) is 17.0. The Hall–Kier alpha value is -4.98. The van der Waals surface area contributed by atoms with Gasteiger partial charge in [0.15, 0.2) is 0 Å². The molecular formula is C41H47N7O5S. The minimum Gasteiger partial charge on any atom is -0.489 e. The number of ether oxygens (including phenoxy) is 4. The van der Waals surface area contributed by atoms with Gasteiger partial charge in [-0.25, -0.2) is 9.78 Å². The molecule has 3 aromatic carbocycles. The van der Waals surface area contributed by atoms with Crippen molar-refractivity contribution in [3.8, 4) is 11.8 Å². The number of hydrogen-bond acceptors (Lipinski definition) is 12. The first-order chi connectivity index (χ1) is 26.6. The van der Waals surface area contributed by atoms with E-state index in [1.54, 1.807) is 16.2 Å². The summed E-state index contributed by atoms with van der Waals surface area (Å²) < 4.78 is 24.9. The van der Waals surface area contributed by atoms with Crippen LogP contribution in [-0.4, -0.2) is 103 Å². The van der Waals surface area contributed by atoms with E-state index < -0.39 is 0 Å². The highest BCUT2D eigenvalue weighted by molar-refractivity contribution is 7.18. The summed E-state index contributed by atoms with van der Waals surface area (Å²) in [5.74, 6) is 1.72. The Balaban J connectivity index is 1.00. The number of hydrogen-bond donors (Lipinski definition) is 0. The van der Waals surface area contributed by atoms with E-state index in [4.69, 9.17) is 33.9 Å². The van der Waals surface area contributed by atoms with Crippen molar-refractivity contribution in [1.29, 1.82) is 0 Å². The van der Waals surface area contributed by atoms with Crippen LogP contribution in [0.3, 0.4) is 0 Å². The Morgan fingerprint density at radius 2 is 1.56 bits per heavy atom. The topological polar surface area (TPSA) is 106 Å². The fraction of sp³-hybridized carbons (Fsp3) is 0.415. The summed E-state index contributed by atoms with van der Waals surface area (Å²) in [6, 6.07) is 24.6. The monoisotopic (exact) mass is 749 g/mol. The summed E-state index contributed by atoms with van der Waals surface area (Å²) in [5, 5.41) is 1.02. The van der Waals surface area contributed by atoms with Crippen LogP contribution in [0.4, 0.5) is 16.3 Å². The Morgan fingerprint density at radius 1 is 0.815 bits per heavy atom. The zero-order valence-electron chi connectivity index (χ0n) is 30.8. The zero-order valence-corrected chi connectivity index (χ0v) is 31.6. The van der Waals surface area contributed by atoms with Gasteiger partial charge in [-0.3, -0.25) is 4.90 Å². The van der Waals surface area contributed by atoms with Gasteiger partial charge in [-0.1, -0.05) is 60.7 Å². The van der Waals surface area contributed by atoms with Crippen LogP contribution in [0.1, 0.15) is 33.8 Å². The second-order valence-electron chi connectivity index (χ2n) is 13.9. The molecule has 3 aliphatic rings. The Morgan fingerprint density at radius 3 is 2.31 bits per heavy atom. The largest absolute Gasteiger partial charge is 0.489 e. The van der Waals surface area contributed by atoms with Gasteiger partial charge in [-0.15, -0.1) is 11.3 Å². The number of fused-ring (bicyclic) bond motifs is 2. The highest BCUT2D eigenvalue weighted by atomic mass is 32.1. The van der Waals surface area contributed by atoms with Crippen molar-refractivity contribution in [3.63, 3.8) is 0 Å². The smallest absolute Gasteiger partial charge is 0.410 e. The van der Waals surface area contributed by atoms with Gasteiger partial charge in [0.1, 0.15) is 30.3 Å². The third-order valence-corrected chi connectivity index (χ3v) is 11.1. The molecule has 8 rings (SSSR count). The number of rotatable bonds is 12. The van der Waals surface area contributed by atoms with E-state index in [2.05, 4.69) is 45.9 Å². The van der Waals surface area contributed by atoms with Gasteiger partial charge in [-0.05, 0) is 37.0 Å². The molecule has 0 saturated carbocycles. The average molecular weight is 750 g/mol. The van der Waals surface area contributed by atoms with Crippen LogP contribution in [0, 0.1) is 6.92 Å². The molecule has 0 N–H and O–H groups in total. The molecule has 2 aromatic heterocycles. The molecule has 0 spiro atoms. The lowest BCUT2D eigenvalue weighted by Gasteiger charge is -2.37. The van der Waals surface area contributed by atoms with Crippen molar-refractivity contribution in [2.45, 2.75) is 39.5 Å². The first-order valence-corrected chi connectivity index (χ1v) is 19.7. The third kappa shape index (κ3) is 8.69. The number of piperazine rings is 1. The molecule has 0 atom stereocenters. The number of carbonyl (C=O) groups is 1. The number of aryl methyl sites for hydroxylation is 1. The van der Waals surface area contributed by atoms with E-state index >= 15 is 0 Å². The predicted molar refractivity (Wildman–Crippen MR) is 210 cm³/mol. The van der Waals surface area contributed by atoms with Crippen molar-refractivity contribution in [1.82, 2.24) is 24.8 Å². The van der Waals surface area contributed by atoms with Crippen molar-refractivity contribution in [2.75, 3.05) is 82.0 Å². The van der Waals surface area contributed by atoms with Crippen LogP contribution in [0.2, 0.25) is 0 Å². The van der Waals surface area contributed by atoms with Crippen LogP contribution in [-0.2, 0) is 35.7 Å². The van der Waals surface area contributed by atoms with E-state index in [-0.39, 0.29) is 12.7 Å². The quantitative estimate of drug-likeness (QED) is 0.138. The molecule has 0 aliphatic carbocycles. The highest BCUT2D eigenvalue weighted by Crippen LogP contribution is 2.38. The van der Waals surface area contributed by atoms with Gasteiger partial charge in [0.05, 0.1) is 47.5 Å². The van der Waals surface area contributed by atoms with E-state index in [0.717, 1.165) is 107 Å². The molecule has 5 aromatic rings. The highest BCUT2D eigenvalue weighted by Gasteiger charge is 2.30. The number of aromatic nitrogens is 3. The fourth-order valence-corrected chi connectivity index (χ4v) is 8.15. The average Bonchev–Trinajstić information content (AvgIpc) is 3.61. The van der Waals surface area contributed by atoms with E-state index in [1.165, 1.54) is 0 Å². The van der Waals surface area contributed by atoms with Crippen molar-refractivity contribution >= 4 is 39.2 Å². The lowest BCUT2D eigenvalue weighted by Crippen LogP contribution is -2.49. The van der Waals surface area contributed by atoms with Crippen LogP contribution >= 0.6 is 11.3 Å². The van der Waals surface area contributed by atoms with Gasteiger partial charge in [-0.2, -0.15) is 9.97 Å². The normalized spacial score (nSPS) is 16.4. The first-order valence-electron chi connectivity index (χ1n) is 18.9. The SMILES string of the molecule is Cc1nc2c(N3CCc4c(nc(OCCCN5CCOCC5)nc4N4CCN(C(=O)OCc5ccccc5)CC4)C3)cc(OCc3ccccc3)cc2s1. The fourth-order valence-electron chi connectivity index (χ4n) is 7.27. The standard InChI is InChI=1S/C41H47N7O5S/c1-30-42-38-36(25-33(26-37(38)54-30)52-28-31-9-4-2-5-10-31)48-15-13-34-35(27-48)43-40(51-22-8-14-45-20-23-50-24-21-45)44-39(34)46-16-18-47(19-17-46)41(49)53-29-32-11-6-3-7-12-32/h2-7,9-12,25-26H,8,13-24,27-29H2,1H3. The maximum absolute atomic E-state index is 13.0. The first kappa shape index (κ1) is 36.0. The molecule has 282 valence electrons. The summed E-state index contributed by atoms with van der Waals surface area (Å²) in [6.07, 6.45) is 1.35. The molecule has 1 amide bonds. The molecule has 3 aliphatic heterocycles. The van der Waals surface area contributed by atoms with Gasteiger partial charge in [0, 0.05) is 64.0 Å². The van der Waals surface area contributed by atoms with Crippen molar-refractivity contribution in [2.24, 2.45) is 0 Å². The van der Waals surface area contributed by atoms with Gasteiger partial charge in [0.2, 0.25) is 0 Å². The van der Waals surface area contributed by atoms with Crippen molar-refractivity contribution in [3.05, 3.63) is 100 Å². The zero-order chi connectivity index (χ0) is 36.7. The van der Waals surface area contributed by atoms with Crippen LogP contribution in [0.15, 0.2) is 72.8 Å². The van der Waals surface area contributed by atoms with Crippen LogP contribution in [0.25, 0.3) is 10.2 Å². The van der Waals surface area contributed by atoms with E-state index in [9.17, 15) is 4.79 Å². The number of carbonyl (C=O) groups excluding carboxylic acids is 1. The van der Waals surface area contributed by atoms with Gasteiger partial charge in [0.25, 0.3) is 0 Å². The molecule has 5 heterocycles. The molecule has 0 radical (unpaired) electrons. The molecule has 2 saturated heterocycles. The maximum atomic E-state index is 13.0. The maximum Gasteiger partial charge on any atom is 0.410 e. The Labute approximate surface area is 320 Å². The predicted octanol–water partition coefficient (Wildman–Crippen LogP) is 6.10. The molecule has 12 nitrogen and oxygen atoms in total. The third-order valence-electron chi connectivity index (χ3n) is 10.2. The number of amides is 1. The van der Waals surface area contributed by atoms with Crippen LogP contribution < -0.4 is 19.3 Å². The van der Waals surface area contributed by atoms with E-state index in [1.807, 2.05) is 48.5 Å². The number of benzene rings is 3. The molecule has 0 unspecified atom stereocenters. The molecule has 13 heteroatoms. The van der Waals surface area contributed by atoms with Crippen LogP contribution in [0.5, 0.6) is 11.8 Å². The number of morpholine rings is 1. The molecule has 2 fully saturated rings.